The molecule has 0 fully saturated rings. The van der Waals surface area contributed by atoms with Gasteiger partial charge in [0, 0.05) is 11.9 Å². The van der Waals surface area contributed by atoms with Crippen LogP contribution in [0.4, 0.5) is 5.69 Å². The molecule has 1 heterocycles. The number of nitrogens with zero attached hydrogens (tertiary/aromatic N) is 2. The summed E-state index contributed by atoms with van der Waals surface area (Å²) in [6, 6.07) is 7.92. The van der Waals surface area contributed by atoms with Gasteiger partial charge in [-0.25, -0.2) is 8.42 Å². The van der Waals surface area contributed by atoms with Gasteiger partial charge in [0.25, 0.3) is 10.0 Å². The molecule has 1 aliphatic rings. The van der Waals surface area contributed by atoms with Crippen molar-refractivity contribution >= 4 is 32.5 Å². The second-order valence-corrected chi connectivity index (χ2v) is 7.50. The summed E-state index contributed by atoms with van der Waals surface area (Å²) in [5, 5.41) is 0.603. The molecule has 0 radical (unpaired) electrons. The lowest BCUT2D eigenvalue weighted by molar-refractivity contribution is 0.601. The van der Waals surface area contributed by atoms with Gasteiger partial charge in [-0.15, -0.1) is 0 Å². The normalized spacial score (nSPS) is 20.9. The Bertz CT molecular complexity index is 606. The van der Waals surface area contributed by atoms with Gasteiger partial charge in [-0.3, -0.25) is 0 Å². The number of anilines is 1. The van der Waals surface area contributed by atoms with Crippen molar-refractivity contribution in [1.82, 2.24) is 0 Å². The van der Waals surface area contributed by atoms with Gasteiger partial charge in [0.05, 0.1) is 17.5 Å². The van der Waals surface area contributed by atoms with Gasteiger partial charge in [-0.1, -0.05) is 23.9 Å². The molecule has 1 aromatic rings. The minimum atomic E-state index is -3.38. The summed E-state index contributed by atoms with van der Waals surface area (Å²) in [7, 11) is -1.43. The Morgan fingerprint density at radius 3 is 2.50 bits per heavy atom. The van der Waals surface area contributed by atoms with E-state index in [1.165, 1.54) is 11.8 Å². The van der Waals surface area contributed by atoms with Crippen LogP contribution >= 0.6 is 11.8 Å². The monoisotopic (exact) mass is 284 g/mol. The zero-order valence-corrected chi connectivity index (χ0v) is 12.5. The van der Waals surface area contributed by atoms with Crippen LogP contribution in [-0.4, -0.2) is 32.3 Å². The van der Waals surface area contributed by atoms with Gasteiger partial charge >= 0.3 is 0 Å². The van der Waals surface area contributed by atoms with E-state index in [0.29, 0.717) is 5.04 Å². The Morgan fingerprint density at radius 2 is 1.89 bits per heavy atom. The number of thioether (sulfide) groups is 1. The third-order valence-corrected chi connectivity index (χ3v) is 5.02. The van der Waals surface area contributed by atoms with Crippen LogP contribution < -0.4 is 4.90 Å². The lowest BCUT2D eigenvalue weighted by Crippen LogP contribution is -2.49. The van der Waals surface area contributed by atoms with Gasteiger partial charge in [0.15, 0.2) is 0 Å². The highest BCUT2D eigenvalue weighted by molar-refractivity contribution is 8.15. The van der Waals surface area contributed by atoms with Crippen molar-refractivity contribution in [3.8, 4) is 0 Å². The van der Waals surface area contributed by atoms with Crippen molar-refractivity contribution in [3.63, 3.8) is 0 Å². The van der Waals surface area contributed by atoms with E-state index in [9.17, 15) is 8.42 Å². The van der Waals surface area contributed by atoms with Crippen LogP contribution in [0, 0.1) is 0 Å². The molecular weight excluding hydrogens is 268 g/mol. The first-order valence-electron chi connectivity index (χ1n) is 5.53. The summed E-state index contributed by atoms with van der Waals surface area (Å²) in [5.41, 5.74) is 0.669. The highest BCUT2D eigenvalue weighted by Crippen LogP contribution is 2.42. The molecule has 1 aromatic carbocycles. The Balaban J connectivity index is 2.59. The van der Waals surface area contributed by atoms with Crippen molar-refractivity contribution < 1.29 is 8.42 Å². The Morgan fingerprint density at radius 1 is 1.28 bits per heavy atom. The SMILES string of the molecule is CN1c2ccccc2SC(=NS(C)(=O)=O)C1(C)C. The van der Waals surface area contributed by atoms with E-state index in [1.807, 2.05) is 45.2 Å². The molecule has 0 aliphatic carbocycles. The van der Waals surface area contributed by atoms with Crippen LogP contribution in [0.1, 0.15) is 13.8 Å². The van der Waals surface area contributed by atoms with Gasteiger partial charge in [0.2, 0.25) is 0 Å². The van der Waals surface area contributed by atoms with Crippen LogP contribution in [0.15, 0.2) is 33.6 Å². The summed E-state index contributed by atoms with van der Waals surface area (Å²) in [6.45, 7) is 3.94. The first-order chi connectivity index (χ1) is 8.22. The number of hydrogen-bond acceptors (Lipinski definition) is 4. The quantitative estimate of drug-likeness (QED) is 0.794. The second kappa shape index (κ2) is 4.28. The zero-order valence-electron chi connectivity index (χ0n) is 10.8. The van der Waals surface area contributed by atoms with E-state index >= 15 is 0 Å². The fourth-order valence-electron chi connectivity index (χ4n) is 1.78. The largest absolute Gasteiger partial charge is 0.362 e. The summed E-state index contributed by atoms with van der Waals surface area (Å²) < 4.78 is 26.7. The maximum atomic E-state index is 11.4. The molecule has 0 amide bonds. The molecule has 0 bridgehead atoms. The maximum Gasteiger partial charge on any atom is 0.251 e. The van der Waals surface area contributed by atoms with E-state index in [-0.39, 0.29) is 0 Å². The molecular formula is C12H16N2O2S2. The standard InChI is InChI=1S/C12H16N2O2S2/c1-12(2)11(13-18(4,15)16)17-10-8-6-5-7-9(10)14(12)3/h5-8H,1-4H3. The van der Waals surface area contributed by atoms with Crippen molar-refractivity contribution in [3.05, 3.63) is 24.3 Å². The molecule has 0 atom stereocenters. The number of fused-ring (bicyclic) bond motifs is 1. The van der Waals surface area contributed by atoms with Crippen molar-refractivity contribution in [2.24, 2.45) is 4.40 Å². The molecule has 18 heavy (non-hydrogen) atoms. The lowest BCUT2D eigenvalue weighted by atomic mass is 10.0. The van der Waals surface area contributed by atoms with Gasteiger partial charge in [-0.2, -0.15) is 4.40 Å². The number of hydrogen-bond donors (Lipinski definition) is 0. The maximum absolute atomic E-state index is 11.4. The third kappa shape index (κ3) is 2.40. The third-order valence-electron chi connectivity index (χ3n) is 3.04. The molecule has 2 rings (SSSR count). The molecule has 98 valence electrons. The summed E-state index contributed by atoms with van der Waals surface area (Å²) >= 11 is 1.42. The minimum absolute atomic E-state index is 0.428. The predicted molar refractivity (Wildman–Crippen MR) is 77.1 cm³/mol. The summed E-state index contributed by atoms with van der Waals surface area (Å²) in [4.78, 5) is 3.09. The molecule has 0 spiro atoms. The van der Waals surface area contributed by atoms with Gasteiger partial charge in [0.1, 0.15) is 5.04 Å². The molecule has 1 aliphatic heterocycles. The lowest BCUT2D eigenvalue weighted by Gasteiger charge is -2.42. The van der Waals surface area contributed by atoms with Crippen LogP contribution in [0.3, 0.4) is 0 Å². The molecule has 0 aromatic heterocycles. The van der Waals surface area contributed by atoms with E-state index in [4.69, 9.17) is 0 Å². The first kappa shape index (κ1) is 13.4. The summed E-state index contributed by atoms with van der Waals surface area (Å²) in [6.07, 6.45) is 1.12. The topological polar surface area (TPSA) is 49.7 Å². The van der Waals surface area contributed by atoms with Gasteiger partial charge < -0.3 is 4.90 Å². The number of benzene rings is 1. The van der Waals surface area contributed by atoms with Crippen molar-refractivity contribution in [2.75, 3.05) is 18.2 Å². The molecule has 0 saturated carbocycles. The Kier molecular flexibility index (Phi) is 3.19. The highest BCUT2D eigenvalue weighted by Gasteiger charge is 2.37. The van der Waals surface area contributed by atoms with E-state index in [0.717, 1.165) is 16.8 Å². The van der Waals surface area contributed by atoms with Crippen LogP contribution in [0.5, 0.6) is 0 Å². The van der Waals surface area contributed by atoms with E-state index in [2.05, 4.69) is 9.30 Å². The average Bonchev–Trinajstić information content (AvgIpc) is 2.24. The fraction of sp³-hybridized carbons (Fsp3) is 0.417. The van der Waals surface area contributed by atoms with Gasteiger partial charge in [-0.05, 0) is 26.0 Å². The Hall–Kier alpha value is -1.01. The molecule has 6 heteroatoms. The number of rotatable bonds is 1. The second-order valence-electron chi connectivity index (χ2n) is 4.82. The van der Waals surface area contributed by atoms with Crippen molar-refractivity contribution in [1.29, 1.82) is 0 Å². The highest BCUT2D eigenvalue weighted by atomic mass is 32.2. The minimum Gasteiger partial charge on any atom is -0.362 e. The molecule has 0 saturated heterocycles. The smallest absolute Gasteiger partial charge is 0.251 e. The van der Waals surface area contributed by atoms with Crippen LogP contribution in [0.2, 0.25) is 0 Å². The van der Waals surface area contributed by atoms with E-state index < -0.39 is 15.6 Å². The Labute approximate surface area is 112 Å². The molecule has 0 unspecified atom stereocenters. The number of para-hydroxylation sites is 1. The summed E-state index contributed by atoms with van der Waals surface area (Å²) in [5.74, 6) is 0. The van der Waals surface area contributed by atoms with E-state index in [1.54, 1.807) is 0 Å². The van der Waals surface area contributed by atoms with Crippen molar-refractivity contribution in [2.45, 2.75) is 24.3 Å². The molecule has 0 N–H and O–H groups in total. The van der Waals surface area contributed by atoms with Crippen LogP contribution in [-0.2, 0) is 10.0 Å². The number of sulfonamides is 1. The van der Waals surface area contributed by atoms with Crippen LogP contribution in [0.25, 0.3) is 0 Å². The zero-order chi connectivity index (χ0) is 13.6. The first-order valence-corrected chi connectivity index (χ1v) is 8.19. The average molecular weight is 284 g/mol. The predicted octanol–water partition coefficient (Wildman–Crippen LogP) is 2.37. The molecule has 4 nitrogen and oxygen atoms in total. The fourth-order valence-corrected chi connectivity index (χ4v) is 3.91.